The van der Waals surface area contributed by atoms with Crippen LogP contribution >= 0.6 is 23.2 Å². The summed E-state index contributed by atoms with van der Waals surface area (Å²) in [6.45, 7) is 0.380. The van der Waals surface area contributed by atoms with Crippen LogP contribution in [0.5, 0.6) is 11.5 Å². The summed E-state index contributed by atoms with van der Waals surface area (Å²) < 4.78 is 11.8. The molecule has 0 bridgehead atoms. The number of halogens is 2. The van der Waals surface area contributed by atoms with Crippen molar-refractivity contribution in [1.29, 1.82) is 0 Å². The smallest absolute Gasteiger partial charge is 0.335 e. The third-order valence-electron chi connectivity index (χ3n) is 4.60. The van der Waals surface area contributed by atoms with Gasteiger partial charge in [-0.05, 0) is 48.0 Å². The average Bonchev–Trinajstić information content (AvgIpc) is 2.78. The fourth-order valence-electron chi connectivity index (χ4n) is 3.00. The lowest BCUT2D eigenvalue weighted by Crippen LogP contribution is -2.04. The Bertz CT molecular complexity index is 1260. The molecule has 0 atom stereocenters. The van der Waals surface area contributed by atoms with Crippen LogP contribution in [0.2, 0.25) is 10.0 Å². The van der Waals surface area contributed by atoms with Gasteiger partial charge < -0.3 is 14.6 Å². The van der Waals surface area contributed by atoms with E-state index in [1.807, 2.05) is 36.4 Å². The lowest BCUT2D eigenvalue weighted by molar-refractivity contribution is 0.0696. The Hall–Kier alpha value is -3.28. The number of para-hydroxylation sites is 1. The second-order valence-corrected chi connectivity index (χ2v) is 7.60. The van der Waals surface area contributed by atoms with E-state index in [4.69, 9.17) is 32.7 Å². The van der Waals surface area contributed by atoms with Crippen LogP contribution in [-0.4, -0.2) is 16.1 Å². The topological polar surface area (TPSA) is 68.7 Å². The average molecular weight is 454 g/mol. The van der Waals surface area contributed by atoms with E-state index in [0.717, 1.165) is 22.2 Å². The predicted molar refractivity (Wildman–Crippen MR) is 120 cm³/mol. The van der Waals surface area contributed by atoms with Crippen molar-refractivity contribution in [3.8, 4) is 11.5 Å². The molecule has 0 unspecified atom stereocenters. The number of aromatic nitrogens is 1. The molecule has 4 rings (SSSR count). The Morgan fingerprint density at radius 2 is 1.65 bits per heavy atom. The van der Waals surface area contributed by atoms with E-state index in [1.54, 1.807) is 24.3 Å². The van der Waals surface area contributed by atoms with Gasteiger partial charge in [-0.15, -0.1) is 0 Å². The number of carbonyl (C=O) groups is 1. The normalized spacial score (nSPS) is 10.8. The van der Waals surface area contributed by atoms with Gasteiger partial charge in [-0.3, -0.25) is 0 Å². The number of nitrogens with zero attached hydrogens (tertiary/aromatic N) is 1. The first kappa shape index (κ1) is 21.0. The molecule has 7 heteroatoms. The molecule has 3 aromatic carbocycles. The van der Waals surface area contributed by atoms with Crippen LogP contribution in [0.15, 0.2) is 72.8 Å². The van der Waals surface area contributed by atoms with Crippen molar-refractivity contribution in [3.63, 3.8) is 0 Å². The van der Waals surface area contributed by atoms with E-state index in [0.29, 0.717) is 21.5 Å². The number of fused-ring (bicyclic) bond motifs is 1. The molecular formula is C24H17Cl2NO4. The molecule has 1 heterocycles. The number of pyridine rings is 1. The SMILES string of the molecule is O=C(O)c1ccc(OCc2ccc3ccccc3n2)c(OCc2ccc(Cl)c(Cl)c2)c1. The number of hydrogen-bond acceptors (Lipinski definition) is 4. The van der Waals surface area contributed by atoms with Crippen LogP contribution < -0.4 is 9.47 Å². The highest BCUT2D eigenvalue weighted by molar-refractivity contribution is 6.42. The van der Waals surface area contributed by atoms with Crippen molar-refractivity contribution in [2.24, 2.45) is 0 Å². The molecule has 1 aromatic heterocycles. The van der Waals surface area contributed by atoms with Crippen LogP contribution in [0.3, 0.4) is 0 Å². The maximum Gasteiger partial charge on any atom is 0.335 e. The number of ether oxygens (including phenoxy) is 2. The van der Waals surface area contributed by atoms with Gasteiger partial charge in [0.25, 0.3) is 0 Å². The van der Waals surface area contributed by atoms with Crippen LogP contribution in [0.4, 0.5) is 0 Å². The van der Waals surface area contributed by atoms with Crippen molar-refractivity contribution in [1.82, 2.24) is 4.98 Å². The molecule has 0 spiro atoms. The highest BCUT2D eigenvalue weighted by atomic mass is 35.5. The second-order valence-electron chi connectivity index (χ2n) is 6.79. The van der Waals surface area contributed by atoms with Gasteiger partial charge in [0, 0.05) is 5.39 Å². The number of aromatic carboxylic acids is 1. The minimum Gasteiger partial charge on any atom is -0.485 e. The predicted octanol–water partition coefficient (Wildman–Crippen LogP) is 6.40. The summed E-state index contributed by atoms with van der Waals surface area (Å²) >= 11 is 12.0. The third-order valence-corrected chi connectivity index (χ3v) is 5.34. The minimum atomic E-state index is -1.05. The highest BCUT2D eigenvalue weighted by Gasteiger charge is 2.12. The van der Waals surface area contributed by atoms with E-state index >= 15 is 0 Å². The molecule has 0 saturated heterocycles. The van der Waals surface area contributed by atoms with Crippen LogP contribution in [0, 0.1) is 0 Å². The van der Waals surface area contributed by atoms with Gasteiger partial charge in [0.05, 0.1) is 26.8 Å². The summed E-state index contributed by atoms with van der Waals surface area (Å²) in [4.78, 5) is 16.0. The summed E-state index contributed by atoms with van der Waals surface area (Å²) in [5.41, 5.74) is 2.51. The van der Waals surface area contributed by atoms with E-state index in [9.17, 15) is 9.90 Å². The van der Waals surface area contributed by atoms with Crippen molar-refractivity contribution in [2.45, 2.75) is 13.2 Å². The molecule has 0 saturated carbocycles. The molecule has 0 amide bonds. The zero-order chi connectivity index (χ0) is 21.8. The molecule has 4 aromatic rings. The summed E-state index contributed by atoms with van der Waals surface area (Å²) in [5, 5.41) is 11.2. The van der Waals surface area contributed by atoms with Crippen molar-refractivity contribution >= 4 is 40.1 Å². The Labute approximate surface area is 188 Å². The fourth-order valence-corrected chi connectivity index (χ4v) is 3.32. The number of carboxylic acids is 1. The molecule has 31 heavy (non-hydrogen) atoms. The summed E-state index contributed by atoms with van der Waals surface area (Å²) in [5.74, 6) is -0.325. The monoisotopic (exact) mass is 453 g/mol. The van der Waals surface area contributed by atoms with E-state index in [-0.39, 0.29) is 18.8 Å². The van der Waals surface area contributed by atoms with Gasteiger partial charge in [-0.25, -0.2) is 9.78 Å². The maximum absolute atomic E-state index is 11.4. The van der Waals surface area contributed by atoms with Gasteiger partial charge >= 0.3 is 5.97 Å². The Morgan fingerprint density at radius 3 is 2.45 bits per heavy atom. The van der Waals surface area contributed by atoms with E-state index in [1.165, 1.54) is 12.1 Å². The number of carboxylic acid groups (broad SMARTS) is 1. The fraction of sp³-hybridized carbons (Fsp3) is 0.0833. The maximum atomic E-state index is 11.4. The van der Waals surface area contributed by atoms with Gasteiger partial charge in [0.15, 0.2) is 11.5 Å². The lowest BCUT2D eigenvalue weighted by atomic mass is 10.2. The quantitative estimate of drug-likeness (QED) is 0.350. The first-order chi connectivity index (χ1) is 15.0. The number of rotatable bonds is 7. The van der Waals surface area contributed by atoms with Gasteiger partial charge in [0.1, 0.15) is 13.2 Å². The minimum absolute atomic E-state index is 0.0975. The number of hydrogen-bond donors (Lipinski definition) is 1. The first-order valence-electron chi connectivity index (χ1n) is 9.41. The largest absolute Gasteiger partial charge is 0.485 e. The summed E-state index contributed by atoms with van der Waals surface area (Å²) in [7, 11) is 0. The van der Waals surface area contributed by atoms with Gasteiger partial charge in [0.2, 0.25) is 0 Å². The van der Waals surface area contributed by atoms with Crippen molar-refractivity contribution in [2.75, 3.05) is 0 Å². The molecule has 1 N–H and O–H groups in total. The Morgan fingerprint density at radius 1 is 0.839 bits per heavy atom. The second kappa shape index (κ2) is 9.25. The van der Waals surface area contributed by atoms with Crippen LogP contribution in [0.25, 0.3) is 10.9 Å². The molecular weight excluding hydrogens is 437 g/mol. The first-order valence-corrected chi connectivity index (χ1v) is 10.2. The van der Waals surface area contributed by atoms with Crippen molar-refractivity contribution < 1.29 is 19.4 Å². The van der Waals surface area contributed by atoms with E-state index < -0.39 is 5.97 Å². The van der Waals surface area contributed by atoms with Gasteiger partial charge in [-0.1, -0.05) is 53.5 Å². The van der Waals surface area contributed by atoms with Gasteiger partial charge in [-0.2, -0.15) is 0 Å². The lowest BCUT2D eigenvalue weighted by Gasteiger charge is -2.14. The molecule has 5 nitrogen and oxygen atoms in total. The number of benzene rings is 3. The molecule has 0 aliphatic rings. The molecule has 0 aliphatic carbocycles. The molecule has 0 fully saturated rings. The Balaban J connectivity index is 1.54. The highest BCUT2D eigenvalue weighted by Crippen LogP contribution is 2.31. The zero-order valence-corrected chi connectivity index (χ0v) is 17.7. The zero-order valence-electron chi connectivity index (χ0n) is 16.2. The standard InChI is InChI=1S/C24H17Cl2NO4/c25-19-9-5-15(11-20(19)26)13-30-23-12-17(24(28)29)7-10-22(23)31-14-18-8-6-16-3-1-2-4-21(16)27-18/h1-12H,13-14H2,(H,28,29). The third kappa shape index (κ3) is 5.08. The van der Waals surface area contributed by atoms with Crippen molar-refractivity contribution in [3.05, 3.63) is 99.7 Å². The Kier molecular flexibility index (Phi) is 6.26. The molecule has 0 aliphatic heterocycles. The van der Waals surface area contributed by atoms with E-state index in [2.05, 4.69) is 4.98 Å². The summed E-state index contributed by atoms with van der Waals surface area (Å²) in [6, 6.07) is 21.3. The van der Waals surface area contributed by atoms with Crippen LogP contribution in [0.1, 0.15) is 21.6 Å². The molecule has 156 valence electrons. The molecule has 0 radical (unpaired) electrons. The summed E-state index contributed by atoms with van der Waals surface area (Å²) in [6.07, 6.45) is 0. The van der Waals surface area contributed by atoms with Crippen LogP contribution in [-0.2, 0) is 13.2 Å².